The molecule has 0 spiro atoms. The largest absolute Gasteiger partial charge is 0.507 e. The first-order chi connectivity index (χ1) is 13.0. The van der Waals surface area contributed by atoms with Gasteiger partial charge in [0.15, 0.2) is 11.5 Å². The number of methoxy groups -OCH3 is 1. The van der Waals surface area contributed by atoms with E-state index in [2.05, 4.69) is 10.5 Å². The van der Waals surface area contributed by atoms with Gasteiger partial charge in [0, 0.05) is 12.6 Å². The van der Waals surface area contributed by atoms with Gasteiger partial charge in [-0.2, -0.15) is 0 Å². The van der Waals surface area contributed by atoms with Gasteiger partial charge in [-0.25, -0.2) is 0 Å². The van der Waals surface area contributed by atoms with E-state index in [1.54, 1.807) is 38.3 Å². The van der Waals surface area contributed by atoms with Gasteiger partial charge in [0.2, 0.25) is 0 Å². The Morgan fingerprint density at radius 2 is 1.93 bits per heavy atom. The SMILES string of the molecule is CCNC(=O)c1noc(-c2cc(Cl)c(O)cc2O)c1-c1ccc(O[13CH3])cc1. The van der Waals surface area contributed by atoms with Gasteiger partial charge < -0.3 is 24.8 Å². The third-order valence-corrected chi connectivity index (χ3v) is 4.24. The predicted molar refractivity (Wildman–Crippen MR) is 100 cm³/mol. The van der Waals surface area contributed by atoms with Crippen molar-refractivity contribution in [3.63, 3.8) is 0 Å². The van der Waals surface area contributed by atoms with Crippen LogP contribution in [0.2, 0.25) is 5.02 Å². The minimum absolute atomic E-state index is 0.0273. The van der Waals surface area contributed by atoms with Gasteiger partial charge in [-0.3, -0.25) is 4.79 Å². The van der Waals surface area contributed by atoms with Crippen molar-refractivity contribution in [2.45, 2.75) is 6.92 Å². The second kappa shape index (κ2) is 7.59. The van der Waals surface area contributed by atoms with Gasteiger partial charge in [0.1, 0.15) is 17.2 Å². The summed E-state index contributed by atoms with van der Waals surface area (Å²) < 4.78 is 10.6. The molecular weight excluding hydrogens is 373 g/mol. The van der Waals surface area contributed by atoms with Crippen LogP contribution in [0.1, 0.15) is 17.4 Å². The van der Waals surface area contributed by atoms with Gasteiger partial charge in [-0.15, -0.1) is 0 Å². The van der Waals surface area contributed by atoms with Crippen LogP contribution in [0.3, 0.4) is 0 Å². The highest BCUT2D eigenvalue weighted by atomic mass is 35.5. The first-order valence-corrected chi connectivity index (χ1v) is 8.48. The average molecular weight is 390 g/mol. The number of phenols is 2. The molecule has 27 heavy (non-hydrogen) atoms. The number of phenolic OH excluding ortho intramolecular Hbond substituents is 2. The molecule has 0 saturated heterocycles. The summed E-state index contributed by atoms with van der Waals surface area (Å²) in [5, 5.41) is 26.5. The molecule has 0 aliphatic carbocycles. The monoisotopic (exact) mass is 389 g/mol. The standard InChI is InChI=1S/C19H17ClN2O5/c1-3-21-19(25)17-16(10-4-6-11(26-2)7-5-10)18(27-22-17)12-8-13(20)15(24)9-14(12)23/h4-9,23-24H,3H2,1-2H3,(H,21,25)/i2+1. The normalized spacial score (nSPS) is 10.6. The van der Waals surface area contributed by atoms with Crippen molar-refractivity contribution in [1.82, 2.24) is 10.5 Å². The fourth-order valence-electron chi connectivity index (χ4n) is 2.63. The molecule has 7 nitrogen and oxygen atoms in total. The highest BCUT2D eigenvalue weighted by Crippen LogP contribution is 2.43. The van der Waals surface area contributed by atoms with E-state index in [-0.39, 0.29) is 33.5 Å². The minimum atomic E-state index is -0.414. The number of benzene rings is 2. The summed E-state index contributed by atoms with van der Waals surface area (Å²) in [6, 6.07) is 9.41. The third kappa shape index (κ3) is 3.54. The number of halogens is 1. The Hall–Kier alpha value is -3.19. The third-order valence-electron chi connectivity index (χ3n) is 3.93. The molecule has 0 unspecified atom stereocenters. The van der Waals surface area contributed by atoms with Crippen molar-refractivity contribution in [3.8, 4) is 39.7 Å². The van der Waals surface area contributed by atoms with Gasteiger partial charge in [-0.1, -0.05) is 28.9 Å². The number of hydrogen-bond donors (Lipinski definition) is 3. The molecule has 0 saturated carbocycles. The molecule has 3 rings (SSSR count). The molecule has 0 aliphatic rings. The molecule has 140 valence electrons. The quantitative estimate of drug-likeness (QED) is 0.573. The molecule has 3 N–H and O–H groups in total. The van der Waals surface area contributed by atoms with E-state index in [0.717, 1.165) is 6.07 Å². The fourth-order valence-corrected chi connectivity index (χ4v) is 2.80. The molecule has 0 bridgehead atoms. The molecule has 1 amide bonds. The summed E-state index contributed by atoms with van der Waals surface area (Å²) in [6.07, 6.45) is 0. The zero-order chi connectivity index (χ0) is 19.6. The van der Waals surface area contributed by atoms with Gasteiger partial charge in [0.05, 0.1) is 23.3 Å². The van der Waals surface area contributed by atoms with E-state index in [0.29, 0.717) is 23.4 Å². The highest BCUT2D eigenvalue weighted by molar-refractivity contribution is 6.32. The van der Waals surface area contributed by atoms with Gasteiger partial charge in [0.25, 0.3) is 5.91 Å². The number of ether oxygens (including phenoxy) is 1. The molecular formula is C19H17ClN2O5. The van der Waals surface area contributed by atoms with Crippen molar-refractivity contribution < 1.29 is 24.3 Å². The molecule has 0 aliphatic heterocycles. The molecule has 3 aromatic rings. The topological polar surface area (TPSA) is 105 Å². The fraction of sp³-hybridized carbons (Fsp3) is 0.158. The molecule has 0 radical (unpaired) electrons. The maximum atomic E-state index is 12.4. The molecule has 1 heterocycles. The van der Waals surface area contributed by atoms with E-state index in [1.807, 2.05) is 0 Å². The lowest BCUT2D eigenvalue weighted by Crippen LogP contribution is -2.23. The van der Waals surface area contributed by atoms with E-state index < -0.39 is 5.91 Å². The number of rotatable bonds is 5. The molecule has 8 heteroatoms. The Labute approximate surface area is 160 Å². The Bertz CT molecular complexity index is 983. The van der Waals surface area contributed by atoms with Crippen LogP contribution in [-0.4, -0.2) is 34.9 Å². The summed E-state index contributed by atoms with van der Waals surface area (Å²) >= 11 is 5.97. The smallest absolute Gasteiger partial charge is 0.274 e. The number of hydrogen-bond acceptors (Lipinski definition) is 6. The Balaban J connectivity index is 2.23. The average Bonchev–Trinajstić information content (AvgIpc) is 3.10. The van der Waals surface area contributed by atoms with Crippen LogP contribution in [0.25, 0.3) is 22.5 Å². The maximum Gasteiger partial charge on any atom is 0.274 e. The Morgan fingerprint density at radius 1 is 1.22 bits per heavy atom. The maximum absolute atomic E-state index is 12.4. The van der Waals surface area contributed by atoms with E-state index in [9.17, 15) is 15.0 Å². The molecule has 0 fully saturated rings. The van der Waals surface area contributed by atoms with Crippen LogP contribution in [0.4, 0.5) is 0 Å². The van der Waals surface area contributed by atoms with Gasteiger partial charge >= 0.3 is 0 Å². The number of nitrogens with zero attached hydrogens (tertiary/aromatic N) is 1. The second-order valence-corrected chi connectivity index (χ2v) is 6.05. The summed E-state index contributed by atoms with van der Waals surface area (Å²) in [5.74, 6) is -0.145. The summed E-state index contributed by atoms with van der Waals surface area (Å²) in [5.41, 5.74) is 1.30. The highest BCUT2D eigenvalue weighted by Gasteiger charge is 2.26. The number of amides is 1. The van der Waals surface area contributed by atoms with Crippen molar-refractivity contribution in [2.75, 3.05) is 13.7 Å². The molecule has 0 atom stereocenters. The second-order valence-electron chi connectivity index (χ2n) is 5.64. The summed E-state index contributed by atoms with van der Waals surface area (Å²) in [6.45, 7) is 2.21. The summed E-state index contributed by atoms with van der Waals surface area (Å²) in [7, 11) is 1.55. The number of carbonyl (C=O) groups excluding carboxylic acids is 1. The predicted octanol–water partition coefficient (Wildman–Crippen LogP) is 3.83. The van der Waals surface area contributed by atoms with Crippen molar-refractivity contribution >= 4 is 17.5 Å². The van der Waals surface area contributed by atoms with Crippen LogP contribution in [-0.2, 0) is 0 Å². The van der Waals surface area contributed by atoms with Gasteiger partial charge in [-0.05, 0) is 30.7 Å². The van der Waals surface area contributed by atoms with Crippen LogP contribution < -0.4 is 10.1 Å². The van der Waals surface area contributed by atoms with Crippen LogP contribution >= 0.6 is 11.6 Å². The van der Waals surface area contributed by atoms with E-state index in [4.69, 9.17) is 20.9 Å². The van der Waals surface area contributed by atoms with Crippen molar-refractivity contribution in [1.29, 1.82) is 0 Å². The lowest BCUT2D eigenvalue weighted by Gasteiger charge is -2.08. The number of aromatic hydroxyl groups is 2. The molecule has 2 aromatic carbocycles. The van der Waals surface area contributed by atoms with E-state index in [1.165, 1.54) is 6.07 Å². The minimum Gasteiger partial charge on any atom is -0.507 e. The molecule has 1 aromatic heterocycles. The Kier molecular flexibility index (Phi) is 5.23. The van der Waals surface area contributed by atoms with Crippen molar-refractivity contribution in [2.24, 2.45) is 0 Å². The number of aromatic nitrogens is 1. The zero-order valence-corrected chi connectivity index (χ0v) is 15.4. The first kappa shape index (κ1) is 18.6. The number of nitrogens with one attached hydrogen (secondary N) is 1. The Morgan fingerprint density at radius 3 is 2.56 bits per heavy atom. The van der Waals surface area contributed by atoms with Crippen LogP contribution in [0, 0.1) is 0 Å². The van der Waals surface area contributed by atoms with Crippen LogP contribution in [0.15, 0.2) is 40.9 Å². The van der Waals surface area contributed by atoms with Crippen molar-refractivity contribution in [3.05, 3.63) is 47.1 Å². The summed E-state index contributed by atoms with van der Waals surface area (Å²) in [4.78, 5) is 12.4. The van der Waals surface area contributed by atoms with Crippen LogP contribution in [0.5, 0.6) is 17.2 Å². The lowest BCUT2D eigenvalue weighted by atomic mass is 9.98. The zero-order valence-electron chi connectivity index (χ0n) is 14.6. The lowest BCUT2D eigenvalue weighted by molar-refractivity contribution is 0.0947. The number of carbonyl (C=O) groups is 1. The first-order valence-electron chi connectivity index (χ1n) is 8.10. The van der Waals surface area contributed by atoms with E-state index >= 15 is 0 Å².